The van der Waals surface area contributed by atoms with E-state index in [4.69, 9.17) is 4.74 Å². The van der Waals surface area contributed by atoms with Crippen molar-refractivity contribution in [2.24, 2.45) is 17.8 Å². The Morgan fingerprint density at radius 1 is 1.30 bits per heavy atom. The normalized spacial score (nSPS) is 23.8. The van der Waals surface area contributed by atoms with Crippen molar-refractivity contribution in [2.75, 3.05) is 13.1 Å². The molecule has 5 nitrogen and oxygen atoms in total. The van der Waals surface area contributed by atoms with Crippen molar-refractivity contribution in [3.05, 3.63) is 0 Å². The van der Waals surface area contributed by atoms with Crippen LogP contribution < -0.4 is 0 Å². The molecule has 1 unspecified atom stereocenters. The smallest absolute Gasteiger partial charge is 0.410 e. The molecule has 1 rings (SSSR count). The maximum Gasteiger partial charge on any atom is 0.410 e. The van der Waals surface area contributed by atoms with Gasteiger partial charge >= 0.3 is 12.1 Å². The van der Waals surface area contributed by atoms with Gasteiger partial charge in [-0.3, -0.25) is 4.79 Å². The van der Waals surface area contributed by atoms with Gasteiger partial charge in [0.25, 0.3) is 0 Å². The molecule has 5 heteroatoms. The largest absolute Gasteiger partial charge is 0.481 e. The van der Waals surface area contributed by atoms with Crippen molar-refractivity contribution in [2.45, 2.75) is 53.1 Å². The quantitative estimate of drug-likeness (QED) is 0.865. The molecule has 116 valence electrons. The van der Waals surface area contributed by atoms with E-state index < -0.39 is 23.6 Å². The number of ether oxygens (including phenoxy) is 1. The minimum atomic E-state index is -0.827. The molecule has 0 aromatic carbocycles. The van der Waals surface area contributed by atoms with Crippen LogP contribution in [0.1, 0.15) is 47.5 Å². The summed E-state index contributed by atoms with van der Waals surface area (Å²) < 4.78 is 5.35. The van der Waals surface area contributed by atoms with E-state index in [1.54, 1.807) is 4.90 Å². The van der Waals surface area contributed by atoms with Crippen LogP contribution in [0.2, 0.25) is 0 Å². The SMILES string of the molecule is CC(C)CC1C[C@H](C(=O)O)CN(C(=O)OC(C)(C)C)C1. The van der Waals surface area contributed by atoms with Crippen LogP contribution in [-0.2, 0) is 9.53 Å². The second-order valence-electron chi connectivity index (χ2n) is 7.15. The summed E-state index contributed by atoms with van der Waals surface area (Å²) in [5, 5.41) is 9.24. The van der Waals surface area contributed by atoms with Crippen molar-refractivity contribution in [1.82, 2.24) is 4.90 Å². The molecule has 0 radical (unpaired) electrons. The Balaban J connectivity index is 2.74. The number of carbonyl (C=O) groups excluding carboxylic acids is 1. The topological polar surface area (TPSA) is 66.8 Å². The predicted octanol–water partition coefficient (Wildman–Crippen LogP) is 2.99. The number of likely N-dealkylation sites (tertiary alicyclic amines) is 1. The summed E-state index contributed by atoms with van der Waals surface area (Å²) in [5.74, 6) is -0.586. The summed E-state index contributed by atoms with van der Waals surface area (Å²) in [6.45, 7) is 10.5. The summed E-state index contributed by atoms with van der Waals surface area (Å²) >= 11 is 0. The van der Waals surface area contributed by atoms with Crippen molar-refractivity contribution in [3.8, 4) is 0 Å². The number of carboxylic acids is 1. The van der Waals surface area contributed by atoms with Gasteiger partial charge in [0.05, 0.1) is 5.92 Å². The number of carboxylic acid groups (broad SMARTS) is 1. The molecule has 1 heterocycles. The Bertz CT molecular complexity index is 359. The molecule has 0 bridgehead atoms. The number of carbonyl (C=O) groups is 2. The molecule has 1 N–H and O–H groups in total. The Labute approximate surface area is 121 Å². The van der Waals surface area contributed by atoms with E-state index >= 15 is 0 Å². The average Bonchev–Trinajstić information content (AvgIpc) is 2.25. The van der Waals surface area contributed by atoms with Crippen molar-refractivity contribution in [1.29, 1.82) is 0 Å². The minimum Gasteiger partial charge on any atom is -0.481 e. The fourth-order valence-electron chi connectivity index (χ4n) is 2.70. The third-order valence-electron chi connectivity index (χ3n) is 3.34. The zero-order valence-electron chi connectivity index (χ0n) is 13.2. The van der Waals surface area contributed by atoms with Gasteiger partial charge in [0.1, 0.15) is 5.60 Å². The second-order valence-corrected chi connectivity index (χ2v) is 7.15. The van der Waals surface area contributed by atoms with Crippen LogP contribution in [0.25, 0.3) is 0 Å². The lowest BCUT2D eigenvalue weighted by molar-refractivity contribution is -0.144. The summed E-state index contributed by atoms with van der Waals surface area (Å²) in [4.78, 5) is 24.9. The highest BCUT2D eigenvalue weighted by atomic mass is 16.6. The van der Waals surface area contributed by atoms with E-state index in [2.05, 4.69) is 13.8 Å². The van der Waals surface area contributed by atoms with Crippen LogP contribution in [0.4, 0.5) is 4.79 Å². The first-order valence-electron chi connectivity index (χ1n) is 7.29. The molecule has 0 aromatic rings. The third kappa shape index (κ3) is 5.39. The fourth-order valence-corrected chi connectivity index (χ4v) is 2.70. The van der Waals surface area contributed by atoms with Gasteiger partial charge in [0.2, 0.25) is 0 Å². The lowest BCUT2D eigenvalue weighted by atomic mass is 9.84. The molecule has 0 aromatic heterocycles. The third-order valence-corrected chi connectivity index (χ3v) is 3.34. The van der Waals surface area contributed by atoms with Crippen molar-refractivity contribution < 1.29 is 19.4 Å². The first kappa shape index (κ1) is 16.8. The summed E-state index contributed by atoms with van der Waals surface area (Å²) in [5.41, 5.74) is -0.555. The number of aliphatic carboxylic acids is 1. The van der Waals surface area contributed by atoms with Gasteiger partial charge in [-0.1, -0.05) is 13.8 Å². The van der Waals surface area contributed by atoms with E-state index in [0.29, 0.717) is 18.9 Å². The standard InChI is InChI=1S/C15H27NO4/c1-10(2)6-11-7-12(13(17)18)9-16(8-11)14(19)20-15(3,4)5/h10-12H,6-9H2,1-5H3,(H,17,18)/t11?,12-/m0/s1. The van der Waals surface area contributed by atoms with Gasteiger partial charge in [-0.2, -0.15) is 0 Å². The molecular formula is C15H27NO4. The van der Waals surface area contributed by atoms with Gasteiger partial charge in [-0.25, -0.2) is 4.79 Å². The molecule has 20 heavy (non-hydrogen) atoms. The number of rotatable bonds is 3. The van der Waals surface area contributed by atoms with E-state index in [0.717, 1.165) is 6.42 Å². The monoisotopic (exact) mass is 285 g/mol. The van der Waals surface area contributed by atoms with Crippen molar-refractivity contribution in [3.63, 3.8) is 0 Å². The highest BCUT2D eigenvalue weighted by Gasteiger charge is 2.35. The van der Waals surface area contributed by atoms with Crippen LogP contribution in [0.15, 0.2) is 0 Å². The second kappa shape index (κ2) is 6.46. The van der Waals surface area contributed by atoms with Gasteiger partial charge < -0.3 is 14.7 Å². The molecule has 0 aliphatic carbocycles. The number of nitrogens with zero attached hydrogens (tertiary/aromatic N) is 1. The fraction of sp³-hybridized carbons (Fsp3) is 0.867. The molecule has 1 aliphatic rings. The van der Waals surface area contributed by atoms with Crippen LogP contribution >= 0.6 is 0 Å². The van der Waals surface area contributed by atoms with Crippen molar-refractivity contribution >= 4 is 12.1 Å². The Morgan fingerprint density at radius 3 is 2.35 bits per heavy atom. The molecule has 1 fully saturated rings. The molecule has 1 amide bonds. The lowest BCUT2D eigenvalue weighted by Crippen LogP contribution is -2.48. The van der Waals surface area contributed by atoms with Crippen LogP contribution in [-0.4, -0.2) is 40.8 Å². The maximum absolute atomic E-state index is 12.1. The summed E-state index contributed by atoms with van der Waals surface area (Å²) in [7, 11) is 0. The van der Waals surface area contributed by atoms with Crippen LogP contribution in [0, 0.1) is 17.8 Å². The first-order valence-corrected chi connectivity index (χ1v) is 7.29. The molecule has 0 spiro atoms. The van der Waals surface area contributed by atoms with E-state index in [1.807, 2.05) is 20.8 Å². The molecule has 2 atom stereocenters. The zero-order chi connectivity index (χ0) is 15.5. The molecule has 1 saturated heterocycles. The number of piperidine rings is 1. The lowest BCUT2D eigenvalue weighted by Gasteiger charge is -2.37. The zero-order valence-corrected chi connectivity index (χ0v) is 13.2. The Morgan fingerprint density at radius 2 is 1.90 bits per heavy atom. The van der Waals surface area contributed by atoms with Crippen LogP contribution in [0.5, 0.6) is 0 Å². The first-order chi connectivity index (χ1) is 9.08. The van der Waals surface area contributed by atoms with E-state index in [9.17, 15) is 14.7 Å². The summed E-state index contributed by atoms with van der Waals surface area (Å²) in [6.07, 6.45) is 1.17. The summed E-state index contributed by atoms with van der Waals surface area (Å²) in [6, 6.07) is 0. The Kier molecular flexibility index (Phi) is 5.42. The van der Waals surface area contributed by atoms with Gasteiger partial charge in [0.15, 0.2) is 0 Å². The number of hydrogen-bond donors (Lipinski definition) is 1. The molecule has 1 aliphatic heterocycles. The van der Waals surface area contributed by atoms with Crippen LogP contribution in [0.3, 0.4) is 0 Å². The number of hydrogen-bond acceptors (Lipinski definition) is 3. The minimum absolute atomic E-state index is 0.234. The molecule has 0 saturated carbocycles. The average molecular weight is 285 g/mol. The van der Waals surface area contributed by atoms with Gasteiger partial charge in [-0.05, 0) is 45.4 Å². The highest BCUT2D eigenvalue weighted by molar-refractivity contribution is 5.73. The van der Waals surface area contributed by atoms with Gasteiger partial charge in [0, 0.05) is 13.1 Å². The van der Waals surface area contributed by atoms with Gasteiger partial charge in [-0.15, -0.1) is 0 Å². The maximum atomic E-state index is 12.1. The highest BCUT2D eigenvalue weighted by Crippen LogP contribution is 2.28. The van der Waals surface area contributed by atoms with E-state index in [1.165, 1.54) is 0 Å². The number of amides is 1. The Hall–Kier alpha value is -1.26. The van der Waals surface area contributed by atoms with E-state index in [-0.39, 0.29) is 12.5 Å². The molecular weight excluding hydrogens is 258 g/mol. The predicted molar refractivity (Wildman–Crippen MR) is 76.5 cm³/mol.